The fourth-order valence-corrected chi connectivity index (χ4v) is 2.99. The smallest absolute Gasteiger partial charge is 0.259 e. The molecule has 2 aromatic rings. The number of benzene rings is 1. The Kier molecular flexibility index (Phi) is 6.07. The molecule has 0 radical (unpaired) electrons. The van der Waals surface area contributed by atoms with Gasteiger partial charge in [-0.05, 0) is 36.8 Å². The minimum atomic E-state index is -0.0983. The number of carbonyl (C=O) groups excluding carboxylic acids is 1. The fraction of sp³-hybridized carbons (Fsp3) is 0.400. The number of ether oxygens (including phenoxy) is 2. The van der Waals surface area contributed by atoms with Crippen LogP contribution in [0.2, 0.25) is 0 Å². The Hall–Kier alpha value is -2.60. The van der Waals surface area contributed by atoms with E-state index in [-0.39, 0.29) is 5.91 Å². The van der Waals surface area contributed by atoms with Crippen LogP contribution in [0.25, 0.3) is 0 Å². The number of nitrogens with zero attached hydrogens (tertiary/aromatic N) is 3. The number of aromatic nitrogens is 1. The third kappa shape index (κ3) is 4.32. The summed E-state index contributed by atoms with van der Waals surface area (Å²) < 4.78 is 10.9. The number of hydrogen-bond acceptors (Lipinski definition) is 5. The maximum absolute atomic E-state index is 12.7. The van der Waals surface area contributed by atoms with Crippen LogP contribution in [0.5, 0.6) is 5.88 Å². The average Bonchev–Trinajstić information content (AvgIpc) is 2.69. The summed E-state index contributed by atoms with van der Waals surface area (Å²) in [5.41, 5.74) is 2.76. The minimum absolute atomic E-state index is 0.0983. The van der Waals surface area contributed by atoms with E-state index in [2.05, 4.69) is 34.1 Å². The van der Waals surface area contributed by atoms with E-state index in [4.69, 9.17) is 9.47 Å². The van der Waals surface area contributed by atoms with Crippen LogP contribution in [0.1, 0.15) is 22.8 Å². The lowest BCUT2D eigenvalue weighted by molar-refractivity contribution is 0.0780. The van der Waals surface area contributed by atoms with Gasteiger partial charge in [-0.15, -0.1) is 0 Å². The molecule has 0 saturated carbocycles. The molecular formula is C20H25N3O3. The Bertz CT molecular complexity index is 727. The molecule has 0 atom stereocenters. The van der Waals surface area contributed by atoms with Crippen molar-refractivity contribution in [2.45, 2.75) is 13.5 Å². The molecule has 1 aliphatic heterocycles. The summed E-state index contributed by atoms with van der Waals surface area (Å²) in [6.45, 7) is 6.26. The van der Waals surface area contributed by atoms with Gasteiger partial charge in [-0.1, -0.05) is 12.1 Å². The molecular weight excluding hydrogens is 330 g/mol. The molecule has 0 N–H and O–H groups in total. The van der Waals surface area contributed by atoms with Gasteiger partial charge in [0.05, 0.1) is 19.8 Å². The molecule has 26 heavy (non-hydrogen) atoms. The van der Waals surface area contributed by atoms with Gasteiger partial charge < -0.3 is 19.3 Å². The van der Waals surface area contributed by atoms with E-state index in [0.29, 0.717) is 24.6 Å². The van der Waals surface area contributed by atoms with Crippen LogP contribution in [-0.2, 0) is 11.3 Å². The predicted octanol–water partition coefficient (Wildman–Crippen LogP) is 2.59. The second-order valence-electron chi connectivity index (χ2n) is 6.22. The van der Waals surface area contributed by atoms with Crippen LogP contribution >= 0.6 is 0 Å². The molecule has 1 amide bonds. The molecule has 1 aromatic heterocycles. The number of hydrogen-bond donors (Lipinski definition) is 0. The van der Waals surface area contributed by atoms with Crippen molar-refractivity contribution in [2.24, 2.45) is 0 Å². The molecule has 3 rings (SSSR count). The quantitative estimate of drug-likeness (QED) is 0.797. The van der Waals surface area contributed by atoms with E-state index in [1.807, 2.05) is 6.92 Å². The van der Waals surface area contributed by atoms with Gasteiger partial charge in [0.2, 0.25) is 5.88 Å². The molecule has 138 valence electrons. The predicted molar refractivity (Wildman–Crippen MR) is 101 cm³/mol. The number of pyridine rings is 1. The zero-order valence-electron chi connectivity index (χ0n) is 15.4. The minimum Gasteiger partial charge on any atom is -0.477 e. The number of carbonyl (C=O) groups is 1. The van der Waals surface area contributed by atoms with Crippen LogP contribution in [0.15, 0.2) is 42.6 Å². The summed E-state index contributed by atoms with van der Waals surface area (Å²) in [6.07, 6.45) is 1.63. The van der Waals surface area contributed by atoms with E-state index in [0.717, 1.165) is 31.9 Å². The Morgan fingerprint density at radius 1 is 1.23 bits per heavy atom. The summed E-state index contributed by atoms with van der Waals surface area (Å²) in [4.78, 5) is 20.9. The molecule has 0 spiro atoms. The summed E-state index contributed by atoms with van der Waals surface area (Å²) in [5, 5.41) is 0. The van der Waals surface area contributed by atoms with Gasteiger partial charge in [0.1, 0.15) is 5.56 Å². The standard InChI is InChI=1S/C20H25N3O3/c1-3-26-19-18(5-4-10-21-19)20(24)22(2)15-16-6-8-17(9-7-16)23-11-13-25-14-12-23/h4-10H,3,11-15H2,1-2H3. The number of morpholine rings is 1. The van der Waals surface area contributed by atoms with Crippen molar-refractivity contribution in [2.75, 3.05) is 44.9 Å². The second-order valence-corrected chi connectivity index (χ2v) is 6.22. The lowest BCUT2D eigenvalue weighted by atomic mass is 10.1. The molecule has 6 nitrogen and oxygen atoms in total. The Morgan fingerprint density at radius 2 is 1.96 bits per heavy atom. The van der Waals surface area contributed by atoms with E-state index in [1.54, 1.807) is 30.3 Å². The van der Waals surface area contributed by atoms with E-state index < -0.39 is 0 Å². The normalized spacial score (nSPS) is 14.2. The maximum Gasteiger partial charge on any atom is 0.259 e. The van der Waals surface area contributed by atoms with Crippen LogP contribution < -0.4 is 9.64 Å². The fourth-order valence-electron chi connectivity index (χ4n) is 2.99. The molecule has 1 saturated heterocycles. The topological polar surface area (TPSA) is 54.9 Å². The third-order valence-corrected chi connectivity index (χ3v) is 4.36. The van der Waals surface area contributed by atoms with Gasteiger partial charge >= 0.3 is 0 Å². The molecule has 0 unspecified atom stereocenters. The van der Waals surface area contributed by atoms with Crippen LogP contribution in [0.3, 0.4) is 0 Å². The highest BCUT2D eigenvalue weighted by molar-refractivity contribution is 5.96. The van der Waals surface area contributed by atoms with Gasteiger partial charge in [0.25, 0.3) is 5.91 Å². The summed E-state index contributed by atoms with van der Waals surface area (Å²) in [6, 6.07) is 11.9. The number of rotatable bonds is 6. The second kappa shape index (κ2) is 8.67. The van der Waals surface area contributed by atoms with Gasteiger partial charge in [0.15, 0.2) is 0 Å². The molecule has 1 aromatic carbocycles. The lowest BCUT2D eigenvalue weighted by Crippen LogP contribution is -2.36. The van der Waals surface area contributed by atoms with Crippen molar-refractivity contribution >= 4 is 11.6 Å². The molecule has 2 heterocycles. The SMILES string of the molecule is CCOc1ncccc1C(=O)N(C)Cc1ccc(N2CCOCC2)cc1. The first-order chi connectivity index (χ1) is 12.7. The van der Waals surface area contributed by atoms with E-state index in [1.165, 1.54) is 5.69 Å². The Labute approximate surface area is 154 Å². The summed E-state index contributed by atoms with van der Waals surface area (Å²) in [5.74, 6) is 0.285. The first-order valence-electron chi connectivity index (χ1n) is 8.94. The Balaban J connectivity index is 1.65. The van der Waals surface area contributed by atoms with Gasteiger partial charge in [-0.25, -0.2) is 4.98 Å². The van der Waals surface area contributed by atoms with Crippen molar-refractivity contribution in [1.29, 1.82) is 0 Å². The highest BCUT2D eigenvalue weighted by Gasteiger charge is 2.18. The van der Waals surface area contributed by atoms with Gasteiger partial charge in [-0.3, -0.25) is 4.79 Å². The molecule has 1 fully saturated rings. The first kappa shape index (κ1) is 18.2. The average molecular weight is 355 g/mol. The Morgan fingerprint density at radius 3 is 2.65 bits per heavy atom. The molecule has 1 aliphatic rings. The third-order valence-electron chi connectivity index (χ3n) is 4.36. The zero-order valence-corrected chi connectivity index (χ0v) is 15.4. The molecule has 0 aliphatic carbocycles. The summed E-state index contributed by atoms with van der Waals surface area (Å²) in [7, 11) is 1.79. The van der Waals surface area contributed by atoms with Gasteiger partial charge in [0, 0.05) is 38.6 Å². The maximum atomic E-state index is 12.7. The van der Waals surface area contributed by atoms with Crippen molar-refractivity contribution in [1.82, 2.24) is 9.88 Å². The first-order valence-corrected chi connectivity index (χ1v) is 8.94. The number of anilines is 1. The zero-order chi connectivity index (χ0) is 18.4. The molecule has 6 heteroatoms. The highest BCUT2D eigenvalue weighted by atomic mass is 16.5. The van der Waals surface area contributed by atoms with E-state index in [9.17, 15) is 4.79 Å². The van der Waals surface area contributed by atoms with Crippen LogP contribution in [0, 0.1) is 0 Å². The van der Waals surface area contributed by atoms with Crippen molar-refractivity contribution in [3.05, 3.63) is 53.7 Å². The highest BCUT2D eigenvalue weighted by Crippen LogP contribution is 2.20. The number of amides is 1. The van der Waals surface area contributed by atoms with Crippen molar-refractivity contribution in [3.63, 3.8) is 0 Å². The van der Waals surface area contributed by atoms with Crippen molar-refractivity contribution < 1.29 is 14.3 Å². The van der Waals surface area contributed by atoms with E-state index >= 15 is 0 Å². The van der Waals surface area contributed by atoms with Crippen LogP contribution in [0.4, 0.5) is 5.69 Å². The van der Waals surface area contributed by atoms with Gasteiger partial charge in [-0.2, -0.15) is 0 Å². The summed E-state index contributed by atoms with van der Waals surface area (Å²) >= 11 is 0. The monoisotopic (exact) mass is 355 g/mol. The molecule has 0 bridgehead atoms. The lowest BCUT2D eigenvalue weighted by Gasteiger charge is -2.29. The van der Waals surface area contributed by atoms with Crippen LogP contribution in [-0.4, -0.2) is 55.7 Å². The van der Waals surface area contributed by atoms with Crippen molar-refractivity contribution in [3.8, 4) is 5.88 Å². The largest absolute Gasteiger partial charge is 0.477 e.